The number of Topliss-reactive ketones (excluding diaryl/α,β-unsaturated/α-hetero) is 1. The maximum atomic E-state index is 13.1. The summed E-state index contributed by atoms with van der Waals surface area (Å²) in [6, 6.07) is 12.5. The van der Waals surface area contributed by atoms with Crippen molar-refractivity contribution in [2.75, 3.05) is 0 Å². The molecule has 0 aliphatic rings. The van der Waals surface area contributed by atoms with Gasteiger partial charge in [-0.25, -0.2) is 4.39 Å². The molecule has 0 fully saturated rings. The van der Waals surface area contributed by atoms with Gasteiger partial charge in [0.1, 0.15) is 11.6 Å². The molecule has 0 radical (unpaired) electrons. The van der Waals surface area contributed by atoms with Crippen LogP contribution >= 0.6 is 15.9 Å². The van der Waals surface area contributed by atoms with E-state index < -0.39 is 0 Å². The van der Waals surface area contributed by atoms with Crippen molar-refractivity contribution < 1.29 is 9.18 Å². The number of hydrogen-bond donors (Lipinski definition) is 0. The van der Waals surface area contributed by atoms with Gasteiger partial charge < -0.3 is 0 Å². The smallest absolute Gasteiger partial charge is 0.141 e. The quantitative estimate of drug-likeness (QED) is 0.823. The third-order valence-corrected chi connectivity index (χ3v) is 3.64. The molecule has 0 unspecified atom stereocenters. The van der Waals surface area contributed by atoms with Crippen molar-refractivity contribution in [1.82, 2.24) is 0 Å². The van der Waals surface area contributed by atoms with E-state index in [0.717, 1.165) is 16.7 Å². The van der Waals surface area contributed by atoms with Crippen molar-refractivity contribution in [3.8, 4) is 0 Å². The number of ketones is 1. The Bertz CT molecular complexity index is 607. The molecular formula is C16H14BrFO. The highest BCUT2D eigenvalue weighted by Gasteiger charge is 2.08. The van der Waals surface area contributed by atoms with Crippen molar-refractivity contribution in [2.45, 2.75) is 19.8 Å². The fourth-order valence-corrected chi connectivity index (χ4v) is 2.39. The Morgan fingerprint density at radius 1 is 1.16 bits per heavy atom. The van der Waals surface area contributed by atoms with Crippen LogP contribution in [0.25, 0.3) is 0 Å². The van der Waals surface area contributed by atoms with E-state index in [1.807, 2.05) is 31.2 Å². The largest absolute Gasteiger partial charge is 0.299 e. The molecule has 3 heteroatoms. The molecule has 0 N–H and O–H groups in total. The zero-order chi connectivity index (χ0) is 13.8. The minimum absolute atomic E-state index is 0.132. The standard InChI is InChI=1S/C16H14BrFO/c1-11-4-2-3-5-13(11)10-14(19)8-12-6-7-16(18)15(17)9-12/h2-7,9H,8,10H2,1H3. The van der Waals surface area contributed by atoms with Gasteiger partial charge in [-0.05, 0) is 51.7 Å². The fourth-order valence-electron chi connectivity index (χ4n) is 1.96. The predicted octanol–water partition coefficient (Wildman–Crippen LogP) is 4.25. The molecule has 0 spiro atoms. The highest BCUT2D eigenvalue weighted by atomic mass is 79.9. The summed E-state index contributed by atoms with van der Waals surface area (Å²) in [5.41, 5.74) is 3.00. The molecule has 98 valence electrons. The van der Waals surface area contributed by atoms with Gasteiger partial charge in [-0.1, -0.05) is 30.3 Å². The van der Waals surface area contributed by atoms with Crippen LogP contribution in [-0.2, 0) is 17.6 Å². The van der Waals surface area contributed by atoms with Crippen LogP contribution in [0, 0.1) is 12.7 Å². The first-order valence-electron chi connectivity index (χ1n) is 6.06. The lowest BCUT2D eigenvalue weighted by Crippen LogP contribution is -2.07. The zero-order valence-electron chi connectivity index (χ0n) is 10.6. The topological polar surface area (TPSA) is 17.1 Å². The van der Waals surface area contributed by atoms with Gasteiger partial charge in [0.2, 0.25) is 0 Å². The maximum absolute atomic E-state index is 13.1. The Hall–Kier alpha value is -1.48. The molecule has 0 saturated heterocycles. The van der Waals surface area contributed by atoms with Crippen LogP contribution in [0.2, 0.25) is 0 Å². The molecule has 2 aromatic carbocycles. The monoisotopic (exact) mass is 320 g/mol. The molecule has 0 aliphatic carbocycles. The molecule has 19 heavy (non-hydrogen) atoms. The summed E-state index contributed by atoms with van der Waals surface area (Å²) >= 11 is 3.13. The van der Waals surface area contributed by atoms with E-state index in [1.54, 1.807) is 12.1 Å². The van der Waals surface area contributed by atoms with Crippen molar-refractivity contribution in [3.05, 3.63) is 69.4 Å². The number of aryl methyl sites for hydroxylation is 1. The molecule has 0 atom stereocenters. The van der Waals surface area contributed by atoms with Gasteiger partial charge in [0.25, 0.3) is 0 Å². The van der Waals surface area contributed by atoms with Crippen LogP contribution in [0.3, 0.4) is 0 Å². The summed E-state index contributed by atoms with van der Waals surface area (Å²) in [4.78, 5) is 12.0. The van der Waals surface area contributed by atoms with E-state index in [2.05, 4.69) is 15.9 Å². The molecule has 2 rings (SSSR count). The van der Waals surface area contributed by atoms with E-state index >= 15 is 0 Å². The number of hydrogen-bond acceptors (Lipinski definition) is 1. The number of benzene rings is 2. The highest BCUT2D eigenvalue weighted by Crippen LogP contribution is 2.18. The van der Waals surface area contributed by atoms with E-state index in [4.69, 9.17) is 0 Å². The van der Waals surface area contributed by atoms with Crippen molar-refractivity contribution in [3.63, 3.8) is 0 Å². The summed E-state index contributed by atoms with van der Waals surface area (Å²) in [5.74, 6) is -0.178. The molecule has 1 nitrogen and oxygen atoms in total. The first-order valence-corrected chi connectivity index (χ1v) is 6.85. The first kappa shape index (κ1) is 13.9. The Morgan fingerprint density at radius 2 is 1.89 bits per heavy atom. The van der Waals surface area contributed by atoms with Gasteiger partial charge in [-0.3, -0.25) is 4.79 Å². The van der Waals surface area contributed by atoms with E-state index in [-0.39, 0.29) is 11.6 Å². The fraction of sp³-hybridized carbons (Fsp3) is 0.188. The van der Waals surface area contributed by atoms with Gasteiger partial charge in [0.05, 0.1) is 4.47 Å². The van der Waals surface area contributed by atoms with Crippen LogP contribution in [0.1, 0.15) is 16.7 Å². The van der Waals surface area contributed by atoms with E-state index in [1.165, 1.54) is 6.07 Å². The van der Waals surface area contributed by atoms with Crippen LogP contribution in [0.5, 0.6) is 0 Å². The lowest BCUT2D eigenvalue weighted by molar-refractivity contribution is -0.117. The molecule has 0 aliphatic heterocycles. The average molecular weight is 321 g/mol. The summed E-state index contributed by atoms with van der Waals surface area (Å²) < 4.78 is 13.5. The van der Waals surface area contributed by atoms with Gasteiger partial charge >= 0.3 is 0 Å². The van der Waals surface area contributed by atoms with Crippen LogP contribution < -0.4 is 0 Å². The summed E-state index contributed by atoms with van der Waals surface area (Å²) in [6.07, 6.45) is 0.745. The second-order valence-electron chi connectivity index (χ2n) is 4.57. The summed E-state index contributed by atoms with van der Waals surface area (Å²) in [7, 11) is 0. The van der Waals surface area contributed by atoms with Crippen LogP contribution in [-0.4, -0.2) is 5.78 Å². The molecule has 2 aromatic rings. The van der Waals surface area contributed by atoms with Crippen LogP contribution in [0.15, 0.2) is 46.9 Å². The maximum Gasteiger partial charge on any atom is 0.141 e. The third kappa shape index (κ3) is 3.74. The Labute approximate surface area is 120 Å². The van der Waals surface area contributed by atoms with E-state index in [0.29, 0.717) is 17.3 Å². The summed E-state index contributed by atoms with van der Waals surface area (Å²) in [6.45, 7) is 2.00. The lowest BCUT2D eigenvalue weighted by atomic mass is 10.00. The lowest BCUT2D eigenvalue weighted by Gasteiger charge is -2.05. The van der Waals surface area contributed by atoms with Gasteiger partial charge in [-0.15, -0.1) is 0 Å². The SMILES string of the molecule is Cc1ccccc1CC(=O)Cc1ccc(F)c(Br)c1. The molecule has 0 bridgehead atoms. The van der Waals surface area contributed by atoms with Gasteiger partial charge in [0.15, 0.2) is 0 Å². The van der Waals surface area contributed by atoms with Gasteiger partial charge in [0, 0.05) is 12.8 Å². The average Bonchev–Trinajstić information content (AvgIpc) is 2.37. The Kier molecular flexibility index (Phi) is 4.48. The minimum atomic E-state index is -0.310. The van der Waals surface area contributed by atoms with Crippen molar-refractivity contribution in [2.24, 2.45) is 0 Å². The normalized spacial score (nSPS) is 10.5. The number of carbonyl (C=O) groups is 1. The first-order chi connectivity index (χ1) is 9.06. The number of halogens is 2. The van der Waals surface area contributed by atoms with Crippen molar-refractivity contribution in [1.29, 1.82) is 0 Å². The molecular weight excluding hydrogens is 307 g/mol. The van der Waals surface area contributed by atoms with Crippen molar-refractivity contribution >= 4 is 21.7 Å². The molecule has 0 amide bonds. The number of rotatable bonds is 4. The Morgan fingerprint density at radius 3 is 2.58 bits per heavy atom. The summed E-state index contributed by atoms with van der Waals surface area (Å²) in [5, 5.41) is 0. The molecule has 0 saturated carbocycles. The Balaban J connectivity index is 2.05. The highest BCUT2D eigenvalue weighted by molar-refractivity contribution is 9.10. The van der Waals surface area contributed by atoms with E-state index in [9.17, 15) is 9.18 Å². The second kappa shape index (κ2) is 6.11. The molecule has 0 aromatic heterocycles. The number of carbonyl (C=O) groups excluding carboxylic acids is 1. The van der Waals surface area contributed by atoms with Gasteiger partial charge in [-0.2, -0.15) is 0 Å². The predicted molar refractivity (Wildman–Crippen MR) is 77.7 cm³/mol. The van der Waals surface area contributed by atoms with Crippen LogP contribution in [0.4, 0.5) is 4.39 Å². The second-order valence-corrected chi connectivity index (χ2v) is 5.42. The molecule has 0 heterocycles. The third-order valence-electron chi connectivity index (χ3n) is 3.03. The minimum Gasteiger partial charge on any atom is -0.299 e. The zero-order valence-corrected chi connectivity index (χ0v) is 12.2.